The van der Waals surface area contributed by atoms with Gasteiger partial charge in [0.15, 0.2) is 0 Å². The van der Waals surface area contributed by atoms with Gasteiger partial charge in [0.1, 0.15) is 5.75 Å². The quantitative estimate of drug-likeness (QED) is 0.696. The van der Waals surface area contributed by atoms with E-state index < -0.39 is 0 Å². The zero-order valence-electron chi connectivity index (χ0n) is 7.83. The Hall–Kier alpha value is -1.28. The summed E-state index contributed by atoms with van der Waals surface area (Å²) in [5, 5.41) is 9.29. The Morgan fingerprint density at radius 2 is 2.31 bits per heavy atom. The second kappa shape index (κ2) is 4.10. The Morgan fingerprint density at radius 1 is 1.62 bits per heavy atom. The van der Waals surface area contributed by atoms with E-state index in [9.17, 15) is 5.11 Å². The summed E-state index contributed by atoms with van der Waals surface area (Å²) in [6.07, 6.45) is 2.55. The van der Waals surface area contributed by atoms with Gasteiger partial charge in [0.25, 0.3) is 0 Å². The van der Waals surface area contributed by atoms with Crippen LogP contribution in [-0.2, 0) is 0 Å². The minimum absolute atomic E-state index is 0.0169. The molecule has 3 N–H and O–H groups in total. The smallest absolute Gasteiger partial charge is 0.118 e. The van der Waals surface area contributed by atoms with Crippen molar-refractivity contribution in [3.63, 3.8) is 0 Å². The molecule has 0 aliphatic carbocycles. The highest BCUT2D eigenvalue weighted by Crippen LogP contribution is 2.21. The van der Waals surface area contributed by atoms with Crippen molar-refractivity contribution in [2.75, 3.05) is 0 Å². The molecule has 70 valence electrons. The SMILES string of the molecule is C=CC[C@H](N)c1ccc(O)c(C)c1. The molecule has 0 bridgehead atoms. The number of hydrogen-bond acceptors (Lipinski definition) is 2. The van der Waals surface area contributed by atoms with Crippen molar-refractivity contribution < 1.29 is 5.11 Å². The largest absolute Gasteiger partial charge is 0.508 e. The highest BCUT2D eigenvalue weighted by molar-refractivity contribution is 5.36. The van der Waals surface area contributed by atoms with Crippen molar-refractivity contribution in [3.8, 4) is 5.75 Å². The maximum Gasteiger partial charge on any atom is 0.118 e. The van der Waals surface area contributed by atoms with Gasteiger partial charge in [0.2, 0.25) is 0 Å². The lowest BCUT2D eigenvalue weighted by Gasteiger charge is -2.10. The molecule has 0 aliphatic heterocycles. The summed E-state index contributed by atoms with van der Waals surface area (Å²) in [6.45, 7) is 5.50. The maximum atomic E-state index is 9.29. The Bertz CT molecular complexity index is 307. The third kappa shape index (κ3) is 2.33. The van der Waals surface area contributed by atoms with E-state index in [-0.39, 0.29) is 6.04 Å². The number of benzene rings is 1. The lowest BCUT2D eigenvalue weighted by molar-refractivity contribution is 0.470. The molecule has 2 nitrogen and oxygen atoms in total. The van der Waals surface area contributed by atoms with Crippen molar-refractivity contribution >= 4 is 0 Å². The van der Waals surface area contributed by atoms with E-state index in [0.29, 0.717) is 5.75 Å². The summed E-state index contributed by atoms with van der Waals surface area (Å²) in [7, 11) is 0. The molecule has 0 spiro atoms. The summed E-state index contributed by atoms with van der Waals surface area (Å²) in [6, 6.07) is 5.41. The first kappa shape index (κ1) is 9.81. The van der Waals surface area contributed by atoms with Crippen LogP contribution in [0.2, 0.25) is 0 Å². The Kier molecular flexibility index (Phi) is 3.09. The maximum absolute atomic E-state index is 9.29. The molecule has 2 heteroatoms. The molecule has 1 atom stereocenters. The second-order valence-electron chi connectivity index (χ2n) is 3.18. The summed E-state index contributed by atoms with van der Waals surface area (Å²) in [5.41, 5.74) is 7.77. The minimum atomic E-state index is -0.0169. The van der Waals surface area contributed by atoms with Gasteiger partial charge >= 0.3 is 0 Å². The van der Waals surface area contributed by atoms with Crippen LogP contribution in [0.5, 0.6) is 5.75 Å². The van der Waals surface area contributed by atoms with E-state index in [4.69, 9.17) is 5.73 Å². The van der Waals surface area contributed by atoms with Crippen molar-refractivity contribution in [3.05, 3.63) is 42.0 Å². The van der Waals surface area contributed by atoms with E-state index in [1.54, 1.807) is 12.1 Å². The lowest BCUT2D eigenvalue weighted by Crippen LogP contribution is -2.08. The predicted molar refractivity (Wildman–Crippen MR) is 54.6 cm³/mol. The van der Waals surface area contributed by atoms with Gasteiger partial charge in [0, 0.05) is 6.04 Å². The molecule has 1 aromatic carbocycles. The molecular formula is C11H15NO. The van der Waals surface area contributed by atoms with Crippen LogP contribution in [0.3, 0.4) is 0 Å². The standard InChI is InChI=1S/C11H15NO/c1-3-4-10(12)9-5-6-11(13)8(2)7-9/h3,5-7,10,13H,1,4,12H2,2H3/t10-/m0/s1. The highest BCUT2D eigenvalue weighted by atomic mass is 16.3. The normalized spacial score (nSPS) is 12.5. The molecule has 0 unspecified atom stereocenters. The van der Waals surface area contributed by atoms with Gasteiger partial charge in [-0.2, -0.15) is 0 Å². The van der Waals surface area contributed by atoms with Crippen LogP contribution in [0.4, 0.5) is 0 Å². The average molecular weight is 177 g/mol. The highest BCUT2D eigenvalue weighted by Gasteiger charge is 2.05. The average Bonchev–Trinajstić information content (AvgIpc) is 2.10. The summed E-state index contributed by atoms with van der Waals surface area (Å²) in [5.74, 6) is 0.314. The first-order valence-corrected chi connectivity index (χ1v) is 4.31. The molecule has 1 rings (SSSR count). The van der Waals surface area contributed by atoms with Crippen LogP contribution in [0.15, 0.2) is 30.9 Å². The monoisotopic (exact) mass is 177 g/mol. The van der Waals surface area contributed by atoms with E-state index in [1.807, 2.05) is 19.1 Å². The molecule has 0 aliphatic rings. The van der Waals surface area contributed by atoms with Crippen LogP contribution in [-0.4, -0.2) is 5.11 Å². The third-order valence-electron chi connectivity index (χ3n) is 2.07. The molecule has 0 fully saturated rings. The van der Waals surface area contributed by atoms with Gasteiger partial charge in [-0.1, -0.05) is 18.2 Å². The summed E-state index contributed by atoms with van der Waals surface area (Å²) >= 11 is 0. The minimum Gasteiger partial charge on any atom is -0.508 e. The number of rotatable bonds is 3. The first-order valence-electron chi connectivity index (χ1n) is 4.31. The van der Waals surface area contributed by atoms with Crippen LogP contribution >= 0.6 is 0 Å². The van der Waals surface area contributed by atoms with Crippen molar-refractivity contribution in [2.24, 2.45) is 5.73 Å². The molecule has 13 heavy (non-hydrogen) atoms. The number of phenolic OH excluding ortho intramolecular Hbond substituents is 1. The fraction of sp³-hybridized carbons (Fsp3) is 0.273. The summed E-state index contributed by atoms with van der Waals surface area (Å²) in [4.78, 5) is 0. The molecule has 0 saturated heterocycles. The van der Waals surface area contributed by atoms with Crippen LogP contribution < -0.4 is 5.73 Å². The van der Waals surface area contributed by atoms with Gasteiger partial charge in [-0.15, -0.1) is 6.58 Å². The second-order valence-corrected chi connectivity index (χ2v) is 3.18. The van der Waals surface area contributed by atoms with Crippen LogP contribution in [0.25, 0.3) is 0 Å². The van der Waals surface area contributed by atoms with E-state index in [1.165, 1.54) is 0 Å². The number of aryl methyl sites for hydroxylation is 1. The molecule has 0 saturated carbocycles. The zero-order chi connectivity index (χ0) is 9.84. The predicted octanol–water partition coefficient (Wildman–Crippen LogP) is 2.28. The lowest BCUT2D eigenvalue weighted by atomic mass is 10.0. The van der Waals surface area contributed by atoms with Crippen molar-refractivity contribution in [2.45, 2.75) is 19.4 Å². The van der Waals surface area contributed by atoms with Gasteiger partial charge in [-0.25, -0.2) is 0 Å². The topological polar surface area (TPSA) is 46.2 Å². The zero-order valence-corrected chi connectivity index (χ0v) is 7.83. The Labute approximate surface area is 78.7 Å². The van der Waals surface area contributed by atoms with Crippen molar-refractivity contribution in [1.82, 2.24) is 0 Å². The first-order chi connectivity index (χ1) is 6.15. The third-order valence-corrected chi connectivity index (χ3v) is 2.07. The van der Waals surface area contributed by atoms with E-state index in [0.717, 1.165) is 17.5 Å². The molecule has 0 aromatic heterocycles. The van der Waals surface area contributed by atoms with E-state index in [2.05, 4.69) is 6.58 Å². The van der Waals surface area contributed by atoms with E-state index >= 15 is 0 Å². The van der Waals surface area contributed by atoms with Gasteiger partial charge in [-0.05, 0) is 30.5 Å². The molecule has 1 aromatic rings. The number of aromatic hydroxyl groups is 1. The number of nitrogens with two attached hydrogens (primary N) is 1. The summed E-state index contributed by atoms with van der Waals surface area (Å²) < 4.78 is 0. The van der Waals surface area contributed by atoms with Gasteiger partial charge in [-0.3, -0.25) is 0 Å². The molecule has 0 radical (unpaired) electrons. The fourth-order valence-corrected chi connectivity index (χ4v) is 1.22. The van der Waals surface area contributed by atoms with Crippen molar-refractivity contribution in [1.29, 1.82) is 0 Å². The molecule has 0 amide bonds. The molecular weight excluding hydrogens is 162 g/mol. The Morgan fingerprint density at radius 3 is 2.85 bits per heavy atom. The fourth-order valence-electron chi connectivity index (χ4n) is 1.22. The van der Waals surface area contributed by atoms with Gasteiger partial charge in [0.05, 0.1) is 0 Å². The number of phenols is 1. The molecule has 0 heterocycles. The van der Waals surface area contributed by atoms with Crippen LogP contribution in [0.1, 0.15) is 23.6 Å². The number of hydrogen-bond donors (Lipinski definition) is 2. The van der Waals surface area contributed by atoms with Gasteiger partial charge < -0.3 is 10.8 Å². The van der Waals surface area contributed by atoms with Crippen LogP contribution in [0, 0.1) is 6.92 Å². The Balaban J connectivity index is 2.89.